The van der Waals surface area contributed by atoms with Gasteiger partial charge in [0.1, 0.15) is 11.6 Å². The fraction of sp³-hybridized carbons (Fsp3) is 0.381. The minimum atomic E-state index is -2.87. The number of carbonyl (C=O) groups is 1. The van der Waals surface area contributed by atoms with Crippen LogP contribution >= 0.6 is 12.4 Å². The molecule has 12 heteroatoms. The molecule has 1 N–H and O–H groups in total. The molecule has 174 valence electrons. The van der Waals surface area contributed by atoms with E-state index < -0.39 is 6.61 Å². The van der Waals surface area contributed by atoms with E-state index in [-0.39, 0.29) is 42.3 Å². The third-order valence-electron chi connectivity index (χ3n) is 5.55. The maximum absolute atomic E-state index is 12.3. The Labute approximate surface area is 193 Å². The number of hydrogen-bond acceptors (Lipinski definition) is 7. The Kier molecular flexibility index (Phi) is 6.80. The second kappa shape index (κ2) is 9.75. The molecule has 1 saturated heterocycles. The number of hydrogen-bond donors (Lipinski definition) is 1. The van der Waals surface area contributed by atoms with Crippen LogP contribution in [-0.4, -0.2) is 51.4 Å². The molecule has 0 saturated carbocycles. The van der Waals surface area contributed by atoms with Crippen LogP contribution < -0.4 is 10.1 Å². The van der Waals surface area contributed by atoms with Crippen molar-refractivity contribution >= 4 is 24.1 Å². The molecule has 0 atom stereocenters. The second-order valence-electron chi connectivity index (χ2n) is 7.68. The van der Waals surface area contributed by atoms with Gasteiger partial charge in [-0.05, 0) is 43.6 Å². The summed E-state index contributed by atoms with van der Waals surface area (Å²) in [6.45, 7) is -1.11. The largest absolute Gasteiger partial charge is 0.435 e. The zero-order valence-electron chi connectivity index (χ0n) is 17.4. The van der Waals surface area contributed by atoms with E-state index in [2.05, 4.69) is 30.3 Å². The number of aromatic nitrogens is 4. The molecule has 2 aromatic heterocycles. The molecule has 1 aromatic carbocycles. The molecule has 0 radical (unpaired) electrons. The molecule has 0 unspecified atom stereocenters. The molecule has 0 aliphatic carbocycles. The van der Waals surface area contributed by atoms with Crippen LogP contribution in [0.2, 0.25) is 0 Å². The predicted molar refractivity (Wildman–Crippen MR) is 116 cm³/mol. The summed E-state index contributed by atoms with van der Waals surface area (Å²) < 4.78 is 36.5. The monoisotopic (exact) mass is 478 g/mol. The van der Waals surface area contributed by atoms with E-state index in [1.165, 1.54) is 12.1 Å². The van der Waals surface area contributed by atoms with Crippen molar-refractivity contribution in [3.05, 3.63) is 47.6 Å². The topological polar surface area (TPSA) is 107 Å². The van der Waals surface area contributed by atoms with Gasteiger partial charge in [0.25, 0.3) is 11.8 Å². The van der Waals surface area contributed by atoms with Crippen molar-refractivity contribution in [2.45, 2.75) is 32.3 Å². The highest BCUT2D eigenvalue weighted by Crippen LogP contribution is 2.28. The first kappa shape index (κ1) is 23.0. The smallest absolute Gasteiger partial charge is 0.387 e. The number of nitrogens with one attached hydrogen (secondary N) is 1. The second-order valence-corrected chi connectivity index (χ2v) is 7.68. The number of fused-ring (bicyclic) bond motifs is 1. The van der Waals surface area contributed by atoms with Crippen LogP contribution in [0.5, 0.6) is 5.75 Å². The maximum atomic E-state index is 12.3. The number of halogens is 3. The lowest BCUT2D eigenvalue weighted by Gasteiger charge is -2.26. The molecule has 33 heavy (non-hydrogen) atoms. The molecule has 4 heterocycles. The number of alkyl halides is 2. The van der Waals surface area contributed by atoms with Crippen LogP contribution in [0, 0.1) is 5.92 Å². The first-order chi connectivity index (χ1) is 15.6. The summed E-state index contributed by atoms with van der Waals surface area (Å²) in [5.74, 6) is 1.35. The zero-order valence-corrected chi connectivity index (χ0v) is 18.2. The summed E-state index contributed by atoms with van der Waals surface area (Å²) in [6.07, 6.45) is 3.86. The Morgan fingerprint density at radius 1 is 1.18 bits per heavy atom. The van der Waals surface area contributed by atoms with Gasteiger partial charge < -0.3 is 14.5 Å². The van der Waals surface area contributed by atoms with E-state index in [0.29, 0.717) is 29.4 Å². The summed E-state index contributed by atoms with van der Waals surface area (Å²) in [4.78, 5) is 16.6. The van der Waals surface area contributed by atoms with Gasteiger partial charge in [-0.3, -0.25) is 4.79 Å². The predicted octanol–water partition coefficient (Wildman–Crippen LogP) is 2.88. The van der Waals surface area contributed by atoms with Gasteiger partial charge in [0.2, 0.25) is 5.89 Å². The number of rotatable bonds is 6. The molecule has 2 aliphatic heterocycles. The highest BCUT2D eigenvalue weighted by Gasteiger charge is 2.31. The number of nitrogens with zero attached hydrogens (tertiary/aromatic N) is 5. The van der Waals surface area contributed by atoms with Gasteiger partial charge in [-0.2, -0.15) is 18.9 Å². The molecule has 5 rings (SSSR count). The van der Waals surface area contributed by atoms with Crippen molar-refractivity contribution < 1.29 is 22.7 Å². The van der Waals surface area contributed by atoms with E-state index in [0.717, 1.165) is 31.5 Å². The lowest BCUT2D eigenvalue weighted by atomic mass is 9.95. The van der Waals surface area contributed by atoms with E-state index in [1.807, 2.05) is 0 Å². The molecular formula is C21H21ClF2N6O3. The van der Waals surface area contributed by atoms with Crippen LogP contribution in [0.15, 0.2) is 39.9 Å². The number of aliphatic imine (C=N–C) groups is 1. The van der Waals surface area contributed by atoms with Gasteiger partial charge in [0, 0.05) is 5.92 Å². The number of piperidine rings is 1. The van der Waals surface area contributed by atoms with Crippen LogP contribution in [-0.2, 0) is 17.6 Å². The van der Waals surface area contributed by atoms with Gasteiger partial charge in [-0.1, -0.05) is 12.1 Å². The molecule has 0 spiro atoms. The molecule has 9 nitrogen and oxygen atoms in total. The zero-order chi connectivity index (χ0) is 22.1. The van der Waals surface area contributed by atoms with Crippen LogP contribution in [0.25, 0.3) is 11.5 Å². The van der Waals surface area contributed by atoms with E-state index >= 15 is 0 Å². The lowest BCUT2D eigenvalue weighted by molar-refractivity contribution is -0.117. The first-order valence-electron chi connectivity index (χ1n) is 10.3. The van der Waals surface area contributed by atoms with Crippen LogP contribution in [0.1, 0.15) is 30.0 Å². The van der Waals surface area contributed by atoms with Gasteiger partial charge in [-0.15, -0.1) is 22.6 Å². The highest BCUT2D eigenvalue weighted by molar-refractivity contribution is 6.01. The third kappa shape index (κ3) is 4.93. The fourth-order valence-electron chi connectivity index (χ4n) is 4.02. The molecule has 3 aromatic rings. The SMILES string of the molecule is Cl.O=C1Cc2c(-c3nnc(Cc4ccc(OC(F)F)cc4)o3)cnn2C(C2CCNCC2)=N1. The number of amides is 1. The summed E-state index contributed by atoms with van der Waals surface area (Å²) in [7, 11) is 0. The average Bonchev–Trinajstić information content (AvgIpc) is 3.41. The van der Waals surface area contributed by atoms with E-state index in [4.69, 9.17) is 4.42 Å². The van der Waals surface area contributed by atoms with Gasteiger partial charge in [-0.25, -0.2) is 4.68 Å². The van der Waals surface area contributed by atoms with Gasteiger partial charge >= 0.3 is 6.61 Å². The highest BCUT2D eigenvalue weighted by atomic mass is 35.5. The van der Waals surface area contributed by atoms with E-state index in [9.17, 15) is 13.6 Å². The Morgan fingerprint density at radius 3 is 2.67 bits per heavy atom. The lowest BCUT2D eigenvalue weighted by Crippen LogP contribution is -2.38. The molecule has 1 amide bonds. The molecule has 1 fully saturated rings. The van der Waals surface area contributed by atoms with E-state index in [1.54, 1.807) is 23.0 Å². The maximum Gasteiger partial charge on any atom is 0.387 e. The minimum absolute atomic E-state index is 0. The van der Waals surface area contributed by atoms with Crippen molar-refractivity contribution in [2.24, 2.45) is 10.9 Å². The van der Waals surface area contributed by atoms with Crippen LogP contribution in [0.3, 0.4) is 0 Å². The van der Waals surface area contributed by atoms with Crippen molar-refractivity contribution in [2.75, 3.05) is 13.1 Å². The van der Waals surface area contributed by atoms with Crippen molar-refractivity contribution in [1.29, 1.82) is 0 Å². The summed E-state index contributed by atoms with van der Waals surface area (Å²) >= 11 is 0. The van der Waals surface area contributed by atoms with Gasteiger partial charge in [0.05, 0.1) is 30.3 Å². The molecule has 2 aliphatic rings. The Hall–Kier alpha value is -3.18. The standard InChI is InChI=1S/C21H20F2N6O3.ClH/c22-21(23)31-14-3-1-12(2-4-14)9-18-27-28-20(32-18)15-11-25-29-16(15)10-17(30)26-19(29)13-5-7-24-8-6-13;/h1-4,11,13,21,24H,5-10H2;1H. The summed E-state index contributed by atoms with van der Waals surface area (Å²) in [6, 6.07) is 6.23. The number of carbonyl (C=O) groups excluding carboxylic acids is 1. The number of ether oxygens (including phenoxy) is 1. The van der Waals surface area contributed by atoms with Crippen LogP contribution in [0.4, 0.5) is 8.78 Å². The Bertz CT molecular complexity index is 1160. The normalized spacial score (nSPS) is 16.3. The summed E-state index contributed by atoms with van der Waals surface area (Å²) in [5, 5.41) is 16.0. The van der Waals surface area contributed by atoms with Gasteiger partial charge in [0.15, 0.2) is 0 Å². The summed E-state index contributed by atoms with van der Waals surface area (Å²) in [5.41, 5.74) is 2.11. The Balaban J connectivity index is 0.00000259. The average molecular weight is 479 g/mol. The fourth-order valence-corrected chi connectivity index (χ4v) is 4.02. The van der Waals surface area contributed by atoms with Crippen molar-refractivity contribution in [3.63, 3.8) is 0 Å². The number of benzene rings is 1. The molecular weight excluding hydrogens is 458 g/mol. The Morgan fingerprint density at radius 2 is 1.94 bits per heavy atom. The first-order valence-corrected chi connectivity index (χ1v) is 10.3. The van der Waals surface area contributed by atoms with Crippen molar-refractivity contribution in [1.82, 2.24) is 25.3 Å². The quantitative estimate of drug-likeness (QED) is 0.580. The molecule has 0 bridgehead atoms. The minimum Gasteiger partial charge on any atom is -0.435 e. The third-order valence-corrected chi connectivity index (χ3v) is 5.55. The van der Waals surface area contributed by atoms with Crippen molar-refractivity contribution in [3.8, 4) is 17.2 Å².